The van der Waals surface area contributed by atoms with Gasteiger partial charge in [-0.05, 0) is 42.8 Å². The van der Waals surface area contributed by atoms with Gasteiger partial charge in [0.25, 0.3) is 5.91 Å². The molecule has 122 valence electrons. The molecule has 0 atom stereocenters. The predicted molar refractivity (Wildman–Crippen MR) is 98.1 cm³/mol. The van der Waals surface area contributed by atoms with Crippen molar-refractivity contribution >= 4 is 44.8 Å². The summed E-state index contributed by atoms with van der Waals surface area (Å²) in [5.74, 6) is -0.405. The van der Waals surface area contributed by atoms with Gasteiger partial charge in [-0.15, -0.1) is 0 Å². The molecule has 5 nitrogen and oxygen atoms in total. The Morgan fingerprint density at radius 1 is 1.17 bits per heavy atom. The minimum absolute atomic E-state index is 0.111. The average Bonchev–Trinajstić information content (AvgIpc) is 2.55. The smallest absolute Gasteiger partial charge is 0.271 e. The number of benzene rings is 2. The number of anilines is 2. The highest BCUT2D eigenvalue weighted by atomic mass is 79.9. The van der Waals surface area contributed by atoms with Gasteiger partial charge in [0.1, 0.15) is 5.71 Å². The van der Waals surface area contributed by atoms with Crippen LogP contribution in [0.15, 0.2) is 58.1 Å². The molecule has 1 aliphatic heterocycles. The van der Waals surface area contributed by atoms with E-state index in [1.807, 2.05) is 49.4 Å². The van der Waals surface area contributed by atoms with E-state index in [4.69, 9.17) is 0 Å². The summed E-state index contributed by atoms with van der Waals surface area (Å²) in [5, 5.41) is 8.39. The van der Waals surface area contributed by atoms with Gasteiger partial charge in [0.15, 0.2) is 0 Å². The lowest BCUT2D eigenvalue weighted by Gasteiger charge is -2.23. The van der Waals surface area contributed by atoms with E-state index >= 15 is 0 Å². The number of amides is 2. The topological polar surface area (TPSA) is 61.8 Å². The quantitative estimate of drug-likeness (QED) is 0.871. The number of carbonyl (C=O) groups is 2. The number of halogens is 1. The molecule has 0 radical (unpaired) electrons. The lowest BCUT2D eigenvalue weighted by molar-refractivity contribution is -0.118. The fourth-order valence-electron chi connectivity index (χ4n) is 2.45. The second-order valence-corrected chi connectivity index (χ2v) is 6.47. The van der Waals surface area contributed by atoms with Gasteiger partial charge in [-0.3, -0.25) is 9.59 Å². The van der Waals surface area contributed by atoms with Crippen LogP contribution in [-0.4, -0.2) is 17.5 Å². The number of rotatable bonds is 3. The zero-order chi connectivity index (χ0) is 17.1. The van der Waals surface area contributed by atoms with E-state index in [2.05, 4.69) is 26.3 Å². The Morgan fingerprint density at radius 2 is 1.96 bits per heavy atom. The van der Waals surface area contributed by atoms with E-state index in [9.17, 15) is 9.59 Å². The summed E-state index contributed by atoms with van der Waals surface area (Å²) in [6.45, 7) is 1.95. The molecule has 6 heteroatoms. The first-order valence-electron chi connectivity index (χ1n) is 7.57. The van der Waals surface area contributed by atoms with Crippen molar-refractivity contribution in [1.82, 2.24) is 0 Å². The largest absolute Gasteiger partial charge is 0.321 e. The molecule has 3 rings (SSSR count). The van der Waals surface area contributed by atoms with Crippen LogP contribution in [0, 0.1) is 6.92 Å². The van der Waals surface area contributed by atoms with Gasteiger partial charge in [-0.1, -0.05) is 34.1 Å². The summed E-state index contributed by atoms with van der Waals surface area (Å²) in [5.41, 5.74) is 2.72. The molecule has 0 bridgehead atoms. The van der Waals surface area contributed by atoms with Crippen molar-refractivity contribution in [1.29, 1.82) is 0 Å². The summed E-state index contributed by atoms with van der Waals surface area (Å²) in [4.78, 5) is 24.6. The Kier molecular flexibility index (Phi) is 4.76. The first-order valence-corrected chi connectivity index (χ1v) is 8.36. The molecule has 2 amide bonds. The number of hydrazone groups is 1. The fraction of sp³-hybridized carbons (Fsp3) is 0.167. The lowest BCUT2D eigenvalue weighted by Crippen LogP contribution is -2.36. The molecule has 2 aromatic carbocycles. The highest BCUT2D eigenvalue weighted by molar-refractivity contribution is 9.10. The number of carbonyl (C=O) groups excluding carboxylic acids is 2. The van der Waals surface area contributed by atoms with Crippen molar-refractivity contribution < 1.29 is 9.59 Å². The van der Waals surface area contributed by atoms with Crippen LogP contribution in [0.1, 0.15) is 18.4 Å². The van der Waals surface area contributed by atoms with Crippen molar-refractivity contribution in [2.24, 2.45) is 5.10 Å². The highest BCUT2D eigenvalue weighted by Gasteiger charge is 2.25. The zero-order valence-electron chi connectivity index (χ0n) is 13.1. The maximum atomic E-state index is 12.4. The Balaban J connectivity index is 1.83. The van der Waals surface area contributed by atoms with Crippen LogP contribution in [0.2, 0.25) is 0 Å². The predicted octanol–water partition coefficient (Wildman–Crippen LogP) is 3.88. The molecule has 0 aliphatic carbocycles. The molecular formula is C18H16BrN3O2. The minimum Gasteiger partial charge on any atom is -0.321 e. The van der Waals surface area contributed by atoms with Gasteiger partial charge in [-0.2, -0.15) is 5.10 Å². The monoisotopic (exact) mass is 385 g/mol. The van der Waals surface area contributed by atoms with Crippen molar-refractivity contribution in [2.75, 3.05) is 10.3 Å². The number of nitrogens with one attached hydrogen (secondary N) is 1. The lowest BCUT2D eigenvalue weighted by atomic mass is 10.1. The van der Waals surface area contributed by atoms with Gasteiger partial charge in [0.05, 0.1) is 5.69 Å². The second kappa shape index (κ2) is 6.97. The molecule has 2 aromatic rings. The maximum Gasteiger partial charge on any atom is 0.271 e. The average molecular weight is 386 g/mol. The molecule has 0 spiro atoms. The van der Waals surface area contributed by atoms with Gasteiger partial charge in [0, 0.05) is 23.0 Å². The summed E-state index contributed by atoms with van der Waals surface area (Å²) in [6.07, 6.45) is 0.597. The molecule has 0 fully saturated rings. The highest BCUT2D eigenvalue weighted by Crippen LogP contribution is 2.22. The molecular weight excluding hydrogens is 370 g/mol. The van der Waals surface area contributed by atoms with Crippen LogP contribution in [0.4, 0.5) is 11.4 Å². The van der Waals surface area contributed by atoms with Gasteiger partial charge < -0.3 is 5.32 Å². The Bertz CT molecular complexity index is 833. The van der Waals surface area contributed by atoms with Crippen LogP contribution < -0.4 is 10.3 Å². The molecule has 1 heterocycles. The van der Waals surface area contributed by atoms with E-state index < -0.39 is 0 Å². The molecule has 0 aromatic heterocycles. The number of hydrogen-bond donors (Lipinski definition) is 1. The molecule has 0 saturated heterocycles. The fourth-order valence-corrected chi connectivity index (χ4v) is 2.85. The van der Waals surface area contributed by atoms with E-state index in [0.29, 0.717) is 23.5 Å². The first kappa shape index (κ1) is 16.4. The second-order valence-electron chi connectivity index (χ2n) is 5.56. The third kappa shape index (κ3) is 3.71. The van der Waals surface area contributed by atoms with E-state index in [0.717, 1.165) is 10.0 Å². The number of aryl methyl sites for hydroxylation is 1. The van der Waals surface area contributed by atoms with Crippen molar-refractivity contribution in [3.05, 3.63) is 58.6 Å². The third-order valence-electron chi connectivity index (χ3n) is 3.62. The van der Waals surface area contributed by atoms with E-state index in [1.54, 1.807) is 6.07 Å². The van der Waals surface area contributed by atoms with Crippen LogP contribution in [0.25, 0.3) is 0 Å². The Labute approximate surface area is 148 Å². The van der Waals surface area contributed by atoms with Crippen LogP contribution >= 0.6 is 15.9 Å². The third-order valence-corrected chi connectivity index (χ3v) is 4.12. The first-order chi connectivity index (χ1) is 11.5. The van der Waals surface area contributed by atoms with Crippen LogP contribution in [-0.2, 0) is 9.59 Å². The van der Waals surface area contributed by atoms with Crippen molar-refractivity contribution in [3.63, 3.8) is 0 Å². The Hall–Kier alpha value is -2.47. The Morgan fingerprint density at radius 3 is 2.71 bits per heavy atom. The minimum atomic E-state index is -0.293. The van der Waals surface area contributed by atoms with Crippen molar-refractivity contribution in [3.8, 4) is 0 Å². The summed E-state index contributed by atoms with van der Waals surface area (Å²) >= 11 is 3.37. The zero-order valence-corrected chi connectivity index (χ0v) is 14.7. The maximum absolute atomic E-state index is 12.4. The SMILES string of the molecule is Cc1cccc(N2N=C(C(=O)Nc3cccc(Br)c3)CCC2=O)c1. The summed E-state index contributed by atoms with van der Waals surface area (Å²) < 4.78 is 0.877. The van der Waals surface area contributed by atoms with Gasteiger partial charge in [0.2, 0.25) is 5.91 Å². The summed E-state index contributed by atoms with van der Waals surface area (Å²) in [7, 11) is 0. The van der Waals surface area contributed by atoms with Gasteiger partial charge in [-0.25, -0.2) is 5.01 Å². The molecule has 1 N–H and O–H groups in total. The summed E-state index contributed by atoms with van der Waals surface area (Å²) in [6, 6.07) is 14.8. The van der Waals surface area contributed by atoms with Crippen LogP contribution in [0.3, 0.4) is 0 Å². The molecule has 1 aliphatic rings. The van der Waals surface area contributed by atoms with Crippen LogP contribution in [0.5, 0.6) is 0 Å². The standard InChI is InChI=1S/C18H16BrN3O2/c1-12-4-2-7-15(10-12)22-17(23)9-8-16(21-22)18(24)20-14-6-3-5-13(19)11-14/h2-7,10-11H,8-9H2,1H3,(H,20,24). The molecule has 24 heavy (non-hydrogen) atoms. The molecule has 0 unspecified atom stereocenters. The number of nitrogens with zero attached hydrogens (tertiary/aromatic N) is 2. The normalized spacial score (nSPS) is 14.3. The van der Waals surface area contributed by atoms with E-state index in [1.165, 1.54) is 5.01 Å². The van der Waals surface area contributed by atoms with E-state index in [-0.39, 0.29) is 18.2 Å². The number of hydrogen-bond acceptors (Lipinski definition) is 3. The molecule has 0 saturated carbocycles. The van der Waals surface area contributed by atoms with Crippen molar-refractivity contribution in [2.45, 2.75) is 19.8 Å². The van der Waals surface area contributed by atoms with Gasteiger partial charge >= 0.3 is 0 Å².